The van der Waals surface area contributed by atoms with Gasteiger partial charge in [-0.15, -0.1) is 23.1 Å². The number of rotatable bonds is 6. The number of nitrogens with one attached hydrogen (secondary N) is 1. The minimum Gasteiger partial charge on any atom is -0.462 e. The highest BCUT2D eigenvalue weighted by Gasteiger charge is 2.25. The van der Waals surface area contributed by atoms with E-state index in [1.807, 2.05) is 37.3 Å². The molecule has 1 aromatic heterocycles. The standard InChI is InChI=1S/C17H19NO3S2/c1-4-21-16(20)14-11(3)13(17(23-14)22-5-2)15(19)18-12-9-7-6-8-10-12/h6-10H,4-5H2,1-3H3,(H,18,19). The molecule has 2 rings (SSSR count). The topological polar surface area (TPSA) is 55.4 Å². The molecular weight excluding hydrogens is 330 g/mol. The Morgan fingerprint density at radius 3 is 2.52 bits per heavy atom. The monoisotopic (exact) mass is 349 g/mol. The molecule has 0 bridgehead atoms. The fraction of sp³-hybridized carbons (Fsp3) is 0.294. The lowest BCUT2D eigenvalue weighted by atomic mass is 10.1. The number of hydrogen-bond acceptors (Lipinski definition) is 5. The molecule has 0 fully saturated rings. The summed E-state index contributed by atoms with van der Waals surface area (Å²) in [5.74, 6) is 0.261. The fourth-order valence-electron chi connectivity index (χ4n) is 2.09. The Hall–Kier alpha value is -1.79. The zero-order chi connectivity index (χ0) is 16.8. The lowest BCUT2D eigenvalue weighted by Gasteiger charge is -2.07. The third kappa shape index (κ3) is 4.14. The van der Waals surface area contributed by atoms with Crippen molar-refractivity contribution in [2.75, 3.05) is 17.7 Å². The highest BCUT2D eigenvalue weighted by molar-refractivity contribution is 8.01. The molecule has 0 aliphatic heterocycles. The van der Waals surface area contributed by atoms with Gasteiger partial charge < -0.3 is 10.1 Å². The van der Waals surface area contributed by atoms with Crippen molar-refractivity contribution in [2.24, 2.45) is 0 Å². The molecule has 0 aliphatic rings. The second kappa shape index (κ2) is 8.17. The van der Waals surface area contributed by atoms with E-state index in [2.05, 4.69) is 5.32 Å². The van der Waals surface area contributed by atoms with Crippen molar-refractivity contribution in [3.8, 4) is 0 Å². The van der Waals surface area contributed by atoms with Gasteiger partial charge in [-0.3, -0.25) is 4.79 Å². The van der Waals surface area contributed by atoms with Crippen LogP contribution in [-0.4, -0.2) is 24.2 Å². The number of benzene rings is 1. The maximum atomic E-state index is 12.7. The number of carbonyl (C=O) groups is 2. The number of esters is 1. The van der Waals surface area contributed by atoms with Crippen molar-refractivity contribution in [3.63, 3.8) is 0 Å². The van der Waals surface area contributed by atoms with Crippen LogP contribution < -0.4 is 5.32 Å². The van der Waals surface area contributed by atoms with E-state index >= 15 is 0 Å². The molecule has 0 unspecified atom stereocenters. The third-order valence-electron chi connectivity index (χ3n) is 3.11. The number of ether oxygens (including phenoxy) is 1. The van der Waals surface area contributed by atoms with E-state index in [1.54, 1.807) is 25.6 Å². The molecule has 1 N–H and O–H groups in total. The van der Waals surface area contributed by atoms with Crippen LogP contribution in [-0.2, 0) is 4.74 Å². The van der Waals surface area contributed by atoms with E-state index in [1.165, 1.54) is 11.3 Å². The van der Waals surface area contributed by atoms with E-state index in [0.717, 1.165) is 15.6 Å². The molecule has 0 aliphatic carbocycles. The Labute approximate surface area is 144 Å². The summed E-state index contributed by atoms with van der Waals surface area (Å²) >= 11 is 2.89. The van der Waals surface area contributed by atoms with E-state index in [4.69, 9.17) is 4.74 Å². The van der Waals surface area contributed by atoms with Crippen molar-refractivity contribution in [1.82, 2.24) is 0 Å². The largest absolute Gasteiger partial charge is 0.462 e. The van der Waals surface area contributed by atoms with E-state index in [-0.39, 0.29) is 11.9 Å². The van der Waals surface area contributed by atoms with E-state index < -0.39 is 0 Å². The molecule has 0 saturated heterocycles. The second-order valence-corrected chi connectivity index (χ2v) is 7.25. The Bertz CT molecular complexity index is 695. The minimum absolute atomic E-state index is 0.198. The van der Waals surface area contributed by atoms with Gasteiger partial charge in [0.2, 0.25) is 0 Å². The van der Waals surface area contributed by atoms with Crippen molar-refractivity contribution >= 4 is 40.7 Å². The van der Waals surface area contributed by atoms with Crippen molar-refractivity contribution in [2.45, 2.75) is 25.0 Å². The first kappa shape index (κ1) is 17.6. The average molecular weight is 349 g/mol. The first-order valence-electron chi connectivity index (χ1n) is 7.38. The summed E-state index contributed by atoms with van der Waals surface area (Å²) in [5, 5.41) is 2.88. The molecule has 0 saturated carbocycles. The number of anilines is 1. The molecule has 2 aromatic rings. The van der Waals surface area contributed by atoms with Gasteiger partial charge in [0.1, 0.15) is 4.88 Å². The molecule has 1 heterocycles. The summed E-state index contributed by atoms with van der Waals surface area (Å²) in [7, 11) is 0. The van der Waals surface area contributed by atoms with Crippen LogP contribution in [0, 0.1) is 6.92 Å². The van der Waals surface area contributed by atoms with Crippen LogP contribution >= 0.6 is 23.1 Å². The quantitative estimate of drug-likeness (QED) is 0.612. The van der Waals surface area contributed by atoms with Gasteiger partial charge in [0, 0.05) is 5.69 Å². The van der Waals surface area contributed by atoms with E-state index in [0.29, 0.717) is 22.6 Å². The normalized spacial score (nSPS) is 10.4. The van der Waals surface area contributed by atoms with Crippen molar-refractivity contribution in [1.29, 1.82) is 0 Å². The van der Waals surface area contributed by atoms with Crippen LogP contribution in [0.3, 0.4) is 0 Å². The van der Waals surface area contributed by atoms with E-state index in [9.17, 15) is 9.59 Å². The summed E-state index contributed by atoms with van der Waals surface area (Å²) in [6.45, 7) is 5.90. The smallest absolute Gasteiger partial charge is 0.348 e. The van der Waals surface area contributed by atoms with Crippen LogP contribution in [0.5, 0.6) is 0 Å². The summed E-state index contributed by atoms with van der Waals surface area (Å²) < 4.78 is 5.93. The highest BCUT2D eigenvalue weighted by Crippen LogP contribution is 2.36. The number of carbonyl (C=O) groups excluding carboxylic acids is 2. The number of thioether (sulfide) groups is 1. The predicted octanol–water partition coefficient (Wildman–Crippen LogP) is 4.60. The molecule has 4 nitrogen and oxygen atoms in total. The Morgan fingerprint density at radius 1 is 1.22 bits per heavy atom. The maximum absolute atomic E-state index is 12.7. The van der Waals surface area contributed by atoms with Gasteiger partial charge in [-0.25, -0.2) is 4.79 Å². The van der Waals surface area contributed by atoms with Crippen LogP contribution in [0.4, 0.5) is 5.69 Å². The van der Waals surface area contributed by atoms with Gasteiger partial charge >= 0.3 is 5.97 Å². The van der Waals surface area contributed by atoms with Crippen molar-refractivity contribution in [3.05, 3.63) is 46.3 Å². The summed E-state index contributed by atoms with van der Waals surface area (Å²) in [4.78, 5) is 25.2. The average Bonchev–Trinajstić information content (AvgIpc) is 2.85. The Balaban J connectivity index is 2.35. The van der Waals surface area contributed by atoms with Gasteiger partial charge in [-0.05, 0) is 37.3 Å². The van der Waals surface area contributed by atoms with Crippen LogP contribution in [0.1, 0.15) is 39.4 Å². The lowest BCUT2D eigenvalue weighted by Crippen LogP contribution is -2.14. The second-order valence-electron chi connectivity index (χ2n) is 4.69. The SMILES string of the molecule is CCOC(=O)c1sc(SCC)c(C(=O)Nc2ccccc2)c1C. The van der Waals surface area contributed by atoms with Crippen LogP contribution in [0.25, 0.3) is 0 Å². The molecule has 23 heavy (non-hydrogen) atoms. The molecule has 0 atom stereocenters. The first-order chi connectivity index (χ1) is 11.1. The molecule has 0 radical (unpaired) electrons. The molecule has 1 aromatic carbocycles. The van der Waals surface area contributed by atoms with Crippen LogP contribution in [0.2, 0.25) is 0 Å². The predicted molar refractivity (Wildman–Crippen MR) is 95.8 cm³/mol. The van der Waals surface area contributed by atoms with Gasteiger partial charge in [0.25, 0.3) is 5.91 Å². The van der Waals surface area contributed by atoms with Gasteiger partial charge in [-0.1, -0.05) is 25.1 Å². The molecule has 122 valence electrons. The van der Waals surface area contributed by atoms with Gasteiger partial charge in [0.15, 0.2) is 0 Å². The number of hydrogen-bond donors (Lipinski definition) is 1. The molecule has 0 spiro atoms. The first-order valence-corrected chi connectivity index (χ1v) is 9.18. The zero-order valence-electron chi connectivity index (χ0n) is 13.3. The summed E-state index contributed by atoms with van der Waals surface area (Å²) in [6.07, 6.45) is 0. The van der Waals surface area contributed by atoms with Crippen LogP contribution in [0.15, 0.2) is 34.5 Å². The Kier molecular flexibility index (Phi) is 6.24. The highest BCUT2D eigenvalue weighted by atomic mass is 32.2. The zero-order valence-corrected chi connectivity index (χ0v) is 15.0. The molecule has 1 amide bonds. The lowest BCUT2D eigenvalue weighted by molar-refractivity contribution is 0.0531. The van der Waals surface area contributed by atoms with Gasteiger partial charge in [-0.2, -0.15) is 0 Å². The number of amides is 1. The Morgan fingerprint density at radius 2 is 1.91 bits per heavy atom. The fourth-order valence-corrected chi connectivity index (χ4v) is 4.51. The maximum Gasteiger partial charge on any atom is 0.348 e. The summed E-state index contributed by atoms with van der Waals surface area (Å²) in [6, 6.07) is 9.28. The molecular formula is C17H19NO3S2. The minimum atomic E-state index is -0.369. The third-order valence-corrected chi connectivity index (χ3v) is 5.53. The summed E-state index contributed by atoms with van der Waals surface area (Å²) in [5.41, 5.74) is 1.97. The number of para-hydroxylation sites is 1. The molecule has 6 heteroatoms. The van der Waals surface area contributed by atoms with Gasteiger partial charge in [0.05, 0.1) is 16.4 Å². The number of thiophene rings is 1. The van der Waals surface area contributed by atoms with Crippen molar-refractivity contribution < 1.29 is 14.3 Å².